The summed E-state index contributed by atoms with van der Waals surface area (Å²) in [6.45, 7) is 2.94. The minimum atomic E-state index is -0.152. The number of nitrogens with one attached hydrogen (secondary N) is 1. The zero-order valence-corrected chi connectivity index (χ0v) is 17.2. The SMILES string of the molecule is Cc1nc2ccccn2c1C(=O)N1CCc2nc(NC(=O)c3cccs3)sc2C1. The van der Waals surface area contributed by atoms with Crippen LogP contribution in [0.5, 0.6) is 0 Å². The number of fused-ring (bicyclic) bond motifs is 2. The van der Waals surface area contributed by atoms with E-state index >= 15 is 0 Å². The van der Waals surface area contributed by atoms with Gasteiger partial charge in [0.1, 0.15) is 11.3 Å². The number of amides is 2. The molecule has 0 bridgehead atoms. The number of carbonyl (C=O) groups excluding carboxylic acids is 2. The van der Waals surface area contributed by atoms with Crippen molar-refractivity contribution in [2.45, 2.75) is 19.9 Å². The van der Waals surface area contributed by atoms with Crippen molar-refractivity contribution >= 4 is 45.3 Å². The van der Waals surface area contributed by atoms with Crippen LogP contribution in [0.4, 0.5) is 5.13 Å². The van der Waals surface area contributed by atoms with Gasteiger partial charge in [-0.1, -0.05) is 23.5 Å². The van der Waals surface area contributed by atoms with E-state index in [0.29, 0.717) is 35.2 Å². The first-order valence-electron chi connectivity index (χ1n) is 9.16. The monoisotopic (exact) mass is 423 g/mol. The predicted molar refractivity (Wildman–Crippen MR) is 113 cm³/mol. The third kappa shape index (κ3) is 3.22. The largest absolute Gasteiger partial charge is 0.332 e. The number of aryl methyl sites for hydroxylation is 1. The highest BCUT2D eigenvalue weighted by molar-refractivity contribution is 7.16. The van der Waals surface area contributed by atoms with Crippen molar-refractivity contribution in [2.75, 3.05) is 11.9 Å². The highest BCUT2D eigenvalue weighted by Gasteiger charge is 2.28. The van der Waals surface area contributed by atoms with Gasteiger partial charge < -0.3 is 4.90 Å². The molecule has 4 aromatic heterocycles. The summed E-state index contributed by atoms with van der Waals surface area (Å²) in [5.41, 5.74) is 3.04. The Morgan fingerprint density at radius 2 is 2.07 bits per heavy atom. The number of carbonyl (C=O) groups is 2. The Morgan fingerprint density at radius 3 is 2.90 bits per heavy atom. The first-order valence-corrected chi connectivity index (χ1v) is 10.9. The van der Waals surface area contributed by atoms with Gasteiger partial charge in [0.15, 0.2) is 5.13 Å². The van der Waals surface area contributed by atoms with Crippen LogP contribution >= 0.6 is 22.7 Å². The highest BCUT2D eigenvalue weighted by atomic mass is 32.1. The Kier molecular flexibility index (Phi) is 4.40. The average Bonchev–Trinajstić information content (AvgIpc) is 3.44. The topological polar surface area (TPSA) is 79.6 Å². The van der Waals surface area contributed by atoms with E-state index in [1.165, 1.54) is 22.7 Å². The normalized spacial score (nSPS) is 13.5. The van der Waals surface area contributed by atoms with E-state index in [0.717, 1.165) is 21.9 Å². The Labute approximate surface area is 174 Å². The number of thiazole rings is 1. The maximum absolute atomic E-state index is 13.2. The maximum atomic E-state index is 13.2. The van der Waals surface area contributed by atoms with Crippen molar-refractivity contribution in [3.05, 3.63) is 68.7 Å². The van der Waals surface area contributed by atoms with Crippen molar-refractivity contribution in [3.8, 4) is 0 Å². The molecule has 0 fully saturated rings. The maximum Gasteiger partial charge on any atom is 0.273 e. The molecule has 1 aliphatic rings. The molecule has 9 heteroatoms. The number of aromatic nitrogens is 3. The molecule has 2 amide bonds. The summed E-state index contributed by atoms with van der Waals surface area (Å²) in [6.07, 6.45) is 2.53. The van der Waals surface area contributed by atoms with E-state index in [2.05, 4.69) is 15.3 Å². The van der Waals surface area contributed by atoms with Gasteiger partial charge in [0.25, 0.3) is 11.8 Å². The Bertz CT molecular complexity index is 1230. The van der Waals surface area contributed by atoms with E-state index in [1.54, 1.807) is 6.07 Å². The minimum Gasteiger partial charge on any atom is -0.332 e. The first kappa shape index (κ1) is 18.0. The summed E-state index contributed by atoms with van der Waals surface area (Å²) < 4.78 is 1.84. The smallest absolute Gasteiger partial charge is 0.273 e. The van der Waals surface area contributed by atoms with Gasteiger partial charge in [-0.2, -0.15) is 0 Å². The van der Waals surface area contributed by atoms with Crippen LogP contribution in [0.25, 0.3) is 5.65 Å². The van der Waals surface area contributed by atoms with Gasteiger partial charge in [-0.3, -0.25) is 19.3 Å². The van der Waals surface area contributed by atoms with Crippen LogP contribution in [-0.2, 0) is 13.0 Å². The third-order valence-corrected chi connectivity index (χ3v) is 6.76. The van der Waals surface area contributed by atoms with Gasteiger partial charge in [0.05, 0.1) is 22.8 Å². The van der Waals surface area contributed by atoms with Gasteiger partial charge in [-0.15, -0.1) is 11.3 Å². The number of anilines is 1. The van der Waals surface area contributed by atoms with E-state index in [9.17, 15) is 9.59 Å². The van der Waals surface area contributed by atoms with Gasteiger partial charge in [-0.25, -0.2) is 9.97 Å². The zero-order chi connectivity index (χ0) is 20.0. The number of imidazole rings is 1. The number of hydrogen-bond acceptors (Lipinski definition) is 6. The van der Waals surface area contributed by atoms with E-state index < -0.39 is 0 Å². The summed E-state index contributed by atoms with van der Waals surface area (Å²) in [5.74, 6) is -0.190. The molecule has 0 unspecified atom stereocenters. The van der Waals surface area contributed by atoms with Gasteiger partial charge in [0, 0.05) is 24.0 Å². The molecule has 1 aliphatic heterocycles. The minimum absolute atomic E-state index is 0.0376. The van der Waals surface area contributed by atoms with E-state index in [1.807, 2.05) is 52.1 Å². The number of rotatable bonds is 3. The predicted octanol–water partition coefficient (Wildman–Crippen LogP) is 3.61. The van der Waals surface area contributed by atoms with E-state index in [4.69, 9.17) is 0 Å². The molecule has 1 N–H and O–H groups in total. The lowest BCUT2D eigenvalue weighted by Gasteiger charge is -2.26. The lowest BCUT2D eigenvalue weighted by Crippen LogP contribution is -2.36. The number of hydrogen-bond donors (Lipinski definition) is 1. The average molecular weight is 424 g/mol. The standard InChI is InChI=1S/C20H17N5O2S2/c1-12-17(25-8-3-2-6-16(25)21-12)19(27)24-9-7-13-15(11-24)29-20(22-13)23-18(26)14-5-4-10-28-14/h2-6,8,10H,7,9,11H2,1H3,(H,22,23,26). The van der Waals surface area contributed by atoms with Crippen LogP contribution in [0.3, 0.4) is 0 Å². The molecule has 0 aromatic carbocycles. The second-order valence-corrected chi connectivity index (χ2v) is 8.80. The van der Waals surface area contributed by atoms with Crippen molar-refractivity contribution in [2.24, 2.45) is 0 Å². The molecule has 0 saturated heterocycles. The third-order valence-electron chi connectivity index (χ3n) is 4.89. The number of nitrogens with zero attached hydrogens (tertiary/aromatic N) is 4. The number of thiophene rings is 1. The molecule has 0 saturated carbocycles. The van der Waals surface area contributed by atoms with Crippen molar-refractivity contribution in [1.29, 1.82) is 0 Å². The van der Waals surface area contributed by atoms with Crippen LogP contribution < -0.4 is 5.32 Å². The van der Waals surface area contributed by atoms with Gasteiger partial charge in [0.2, 0.25) is 0 Å². The fraction of sp³-hybridized carbons (Fsp3) is 0.200. The molecule has 5 rings (SSSR count). The van der Waals surface area contributed by atoms with Crippen LogP contribution in [0.15, 0.2) is 41.9 Å². The summed E-state index contributed by atoms with van der Waals surface area (Å²) in [4.78, 5) is 38.0. The summed E-state index contributed by atoms with van der Waals surface area (Å²) in [5, 5.41) is 5.31. The molecular weight excluding hydrogens is 406 g/mol. The zero-order valence-electron chi connectivity index (χ0n) is 15.6. The second kappa shape index (κ2) is 7.09. The molecule has 7 nitrogen and oxygen atoms in total. The van der Waals surface area contributed by atoms with Crippen molar-refractivity contribution in [3.63, 3.8) is 0 Å². The van der Waals surface area contributed by atoms with Crippen LogP contribution in [0.2, 0.25) is 0 Å². The lowest BCUT2D eigenvalue weighted by atomic mass is 10.1. The summed E-state index contributed by atoms with van der Waals surface area (Å²) >= 11 is 2.83. The quantitative estimate of drug-likeness (QED) is 0.546. The van der Waals surface area contributed by atoms with Crippen LogP contribution in [-0.4, -0.2) is 37.6 Å². The molecule has 0 spiro atoms. The molecule has 0 atom stereocenters. The fourth-order valence-electron chi connectivity index (χ4n) is 3.51. The Hall–Kier alpha value is -3.04. The molecule has 0 radical (unpaired) electrons. The fourth-order valence-corrected chi connectivity index (χ4v) is 5.15. The molecule has 0 aliphatic carbocycles. The van der Waals surface area contributed by atoms with E-state index in [-0.39, 0.29) is 11.8 Å². The van der Waals surface area contributed by atoms with Crippen molar-refractivity contribution in [1.82, 2.24) is 19.3 Å². The molecule has 29 heavy (non-hydrogen) atoms. The second-order valence-electron chi connectivity index (χ2n) is 6.77. The van der Waals surface area contributed by atoms with Crippen LogP contribution in [0, 0.1) is 6.92 Å². The lowest BCUT2D eigenvalue weighted by molar-refractivity contribution is 0.0728. The van der Waals surface area contributed by atoms with Gasteiger partial charge >= 0.3 is 0 Å². The molecule has 146 valence electrons. The summed E-state index contributed by atoms with van der Waals surface area (Å²) in [6, 6.07) is 9.32. The first-order chi connectivity index (χ1) is 14.1. The summed E-state index contributed by atoms with van der Waals surface area (Å²) in [7, 11) is 0. The highest BCUT2D eigenvalue weighted by Crippen LogP contribution is 2.30. The van der Waals surface area contributed by atoms with Crippen LogP contribution in [0.1, 0.15) is 36.4 Å². The van der Waals surface area contributed by atoms with Crippen molar-refractivity contribution < 1.29 is 9.59 Å². The molecule has 4 aromatic rings. The Morgan fingerprint density at radius 1 is 1.17 bits per heavy atom. The Balaban J connectivity index is 1.37. The molecule has 5 heterocycles. The molecular formula is C20H17N5O2S2. The van der Waals surface area contributed by atoms with Gasteiger partial charge in [-0.05, 0) is 30.5 Å². The number of pyridine rings is 1.